The lowest BCUT2D eigenvalue weighted by Gasteiger charge is -2.11. The molecule has 0 spiro atoms. The van der Waals surface area contributed by atoms with Crippen molar-refractivity contribution in [1.29, 1.82) is 0 Å². The fourth-order valence-electron chi connectivity index (χ4n) is 1.72. The highest BCUT2D eigenvalue weighted by atomic mass is 35.5. The number of carbonyl (C=O) groups excluding carboxylic acids is 1. The Kier molecular flexibility index (Phi) is 7.26. The van der Waals surface area contributed by atoms with Crippen molar-refractivity contribution in [3.8, 4) is 0 Å². The molecular formula is C15H19ClN4OS2. The molecule has 1 aromatic carbocycles. The fraction of sp³-hybridized carbons (Fsp3) is 0.400. The molecule has 1 heterocycles. The second-order valence-corrected chi connectivity index (χ2v) is 7.75. The van der Waals surface area contributed by atoms with Crippen molar-refractivity contribution in [2.45, 2.75) is 30.0 Å². The van der Waals surface area contributed by atoms with Crippen LogP contribution in [-0.4, -0.2) is 38.6 Å². The number of amides is 1. The van der Waals surface area contributed by atoms with Crippen molar-refractivity contribution in [1.82, 2.24) is 20.5 Å². The number of aryl methyl sites for hydroxylation is 1. The van der Waals surface area contributed by atoms with Crippen LogP contribution in [0.5, 0.6) is 0 Å². The van der Waals surface area contributed by atoms with Gasteiger partial charge in [0, 0.05) is 23.1 Å². The molecule has 0 aliphatic rings. The van der Waals surface area contributed by atoms with Gasteiger partial charge in [0.15, 0.2) is 0 Å². The van der Waals surface area contributed by atoms with Crippen LogP contribution in [0.3, 0.4) is 0 Å². The minimum absolute atomic E-state index is 0.0516. The molecule has 1 aromatic heterocycles. The molecule has 1 atom stereocenters. The van der Waals surface area contributed by atoms with Crippen LogP contribution in [0.2, 0.25) is 5.02 Å². The van der Waals surface area contributed by atoms with E-state index in [-0.39, 0.29) is 11.2 Å². The van der Waals surface area contributed by atoms with Crippen LogP contribution in [0.1, 0.15) is 18.3 Å². The van der Waals surface area contributed by atoms with E-state index in [1.807, 2.05) is 38.1 Å². The van der Waals surface area contributed by atoms with E-state index in [0.717, 1.165) is 27.9 Å². The zero-order valence-electron chi connectivity index (χ0n) is 13.0. The van der Waals surface area contributed by atoms with Crippen LogP contribution < -0.4 is 5.32 Å². The molecule has 23 heavy (non-hydrogen) atoms. The molecule has 8 heteroatoms. The predicted molar refractivity (Wildman–Crippen MR) is 97.1 cm³/mol. The number of nitrogens with zero attached hydrogens (tertiary/aromatic N) is 2. The summed E-state index contributed by atoms with van der Waals surface area (Å²) in [5, 5.41) is 11.1. The van der Waals surface area contributed by atoms with E-state index in [1.165, 1.54) is 11.8 Å². The standard InChI is InChI=1S/C15H19ClN4OS2/c1-10(23-9-12-3-5-13(16)6-4-12)14(21)17-7-8-22-15-18-11(2)19-20-15/h3-6,10H,7-9H2,1-2H3,(H,17,21)(H,18,19,20)/t10-/m1/s1. The number of carbonyl (C=O) groups is 1. The Hall–Kier alpha value is -1.18. The number of nitrogens with one attached hydrogen (secondary N) is 2. The number of hydrogen-bond acceptors (Lipinski definition) is 5. The number of aromatic amines is 1. The van der Waals surface area contributed by atoms with Crippen LogP contribution in [0, 0.1) is 6.92 Å². The van der Waals surface area contributed by atoms with Gasteiger partial charge in [-0.15, -0.1) is 16.9 Å². The molecule has 0 unspecified atom stereocenters. The van der Waals surface area contributed by atoms with Crippen molar-refractivity contribution < 1.29 is 4.79 Å². The van der Waals surface area contributed by atoms with E-state index in [1.54, 1.807) is 11.8 Å². The summed E-state index contributed by atoms with van der Waals surface area (Å²) >= 11 is 8.99. The Bertz CT molecular complexity index is 633. The maximum atomic E-state index is 12.0. The van der Waals surface area contributed by atoms with Gasteiger partial charge in [0.2, 0.25) is 11.1 Å². The lowest BCUT2D eigenvalue weighted by atomic mass is 10.2. The van der Waals surface area contributed by atoms with Gasteiger partial charge in [-0.2, -0.15) is 0 Å². The van der Waals surface area contributed by atoms with E-state index in [0.29, 0.717) is 11.7 Å². The third kappa shape index (κ3) is 6.45. The quantitative estimate of drug-likeness (QED) is 0.551. The number of thioether (sulfide) groups is 2. The summed E-state index contributed by atoms with van der Waals surface area (Å²) in [5.41, 5.74) is 1.16. The SMILES string of the molecule is Cc1nc(SCCNC(=O)[C@@H](C)SCc2ccc(Cl)cc2)n[nH]1. The lowest BCUT2D eigenvalue weighted by Crippen LogP contribution is -2.32. The van der Waals surface area contributed by atoms with Gasteiger partial charge >= 0.3 is 0 Å². The normalized spacial score (nSPS) is 12.1. The maximum Gasteiger partial charge on any atom is 0.232 e. The Morgan fingerprint density at radius 2 is 2.13 bits per heavy atom. The third-order valence-corrected chi connectivity index (χ3v) is 5.31. The van der Waals surface area contributed by atoms with Crippen LogP contribution in [0.4, 0.5) is 0 Å². The largest absolute Gasteiger partial charge is 0.354 e. The first-order valence-corrected chi connectivity index (χ1v) is 9.61. The van der Waals surface area contributed by atoms with Gasteiger partial charge in [-0.25, -0.2) is 4.98 Å². The maximum absolute atomic E-state index is 12.0. The Balaban J connectivity index is 1.63. The van der Waals surface area contributed by atoms with E-state index in [9.17, 15) is 4.79 Å². The number of hydrogen-bond donors (Lipinski definition) is 2. The number of benzene rings is 1. The third-order valence-electron chi connectivity index (χ3n) is 2.99. The molecule has 0 radical (unpaired) electrons. The monoisotopic (exact) mass is 370 g/mol. The summed E-state index contributed by atoms with van der Waals surface area (Å²) in [5.74, 6) is 2.38. The van der Waals surface area contributed by atoms with Crippen LogP contribution in [-0.2, 0) is 10.5 Å². The second kappa shape index (κ2) is 9.20. The van der Waals surface area contributed by atoms with Crippen molar-refractivity contribution in [3.63, 3.8) is 0 Å². The van der Waals surface area contributed by atoms with Crippen molar-refractivity contribution >= 4 is 41.0 Å². The molecule has 0 fully saturated rings. The van der Waals surface area contributed by atoms with Gasteiger partial charge in [-0.1, -0.05) is 35.5 Å². The zero-order valence-corrected chi connectivity index (χ0v) is 15.4. The molecule has 2 aromatic rings. The summed E-state index contributed by atoms with van der Waals surface area (Å²) in [6.07, 6.45) is 0. The highest BCUT2D eigenvalue weighted by molar-refractivity contribution is 7.99. The fourth-order valence-corrected chi connectivity index (χ4v) is 3.42. The van der Waals surface area contributed by atoms with Crippen LogP contribution >= 0.6 is 35.1 Å². The highest BCUT2D eigenvalue weighted by Crippen LogP contribution is 2.19. The minimum atomic E-state index is -0.0959. The first kappa shape index (κ1) is 18.2. The highest BCUT2D eigenvalue weighted by Gasteiger charge is 2.13. The van der Waals surface area contributed by atoms with Crippen molar-refractivity contribution in [2.75, 3.05) is 12.3 Å². The zero-order chi connectivity index (χ0) is 16.7. The van der Waals surface area contributed by atoms with Gasteiger partial charge in [0.25, 0.3) is 0 Å². The predicted octanol–water partition coefficient (Wildman–Crippen LogP) is 3.30. The number of H-pyrrole nitrogens is 1. The summed E-state index contributed by atoms with van der Waals surface area (Å²) in [7, 11) is 0. The second-order valence-electron chi connectivity index (χ2n) is 4.92. The van der Waals surface area contributed by atoms with E-state index >= 15 is 0 Å². The average molecular weight is 371 g/mol. The van der Waals surface area contributed by atoms with Gasteiger partial charge in [0.05, 0.1) is 5.25 Å². The van der Waals surface area contributed by atoms with Gasteiger partial charge < -0.3 is 5.32 Å². The number of halogens is 1. The van der Waals surface area contributed by atoms with E-state index in [2.05, 4.69) is 20.5 Å². The molecule has 124 valence electrons. The van der Waals surface area contributed by atoms with Gasteiger partial charge in [-0.3, -0.25) is 9.89 Å². The average Bonchev–Trinajstić information content (AvgIpc) is 2.96. The smallest absolute Gasteiger partial charge is 0.232 e. The molecule has 2 N–H and O–H groups in total. The Morgan fingerprint density at radius 1 is 1.39 bits per heavy atom. The topological polar surface area (TPSA) is 70.7 Å². The van der Waals surface area contributed by atoms with Crippen LogP contribution in [0.25, 0.3) is 0 Å². The first-order chi connectivity index (χ1) is 11.0. The van der Waals surface area contributed by atoms with Crippen molar-refractivity contribution in [3.05, 3.63) is 40.7 Å². The lowest BCUT2D eigenvalue weighted by molar-refractivity contribution is -0.120. The summed E-state index contributed by atoms with van der Waals surface area (Å²) in [6, 6.07) is 7.69. The number of rotatable bonds is 8. The van der Waals surface area contributed by atoms with Gasteiger partial charge in [0.1, 0.15) is 5.82 Å². The van der Waals surface area contributed by atoms with E-state index < -0.39 is 0 Å². The molecule has 0 aliphatic heterocycles. The Morgan fingerprint density at radius 3 is 2.78 bits per heavy atom. The molecule has 2 rings (SSSR count). The minimum Gasteiger partial charge on any atom is -0.354 e. The summed E-state index contributed by atoms with van der Waals surface area (Å²) < 4.78 is 0. The summed E-state index contributed by atoms with van der Waals surface area (Å²) in [4.78, 5) is 16.2. The van der Waals surface area contributed by atoms with Crippen molar-refractivity contribution in [2.24, 2.45) is 0 Å². The molecule has 0 saturated heterocycles. The molecular weight excluding hydrogens is 352 g/mol. The van der Waals surface area contributed by atoms with Crippen LogP contribution in [0.15, 0.2) is 29.4 Å². The summed E-state index contributed by atoms with van der Waals surface area (Å²) in [6.45, 7) is 4.38. The molecule has 5 nitrogen and oxygen atoms in total. The van der Waals surface area contributed by atoms with E-state index in [4.69, 9.17) is 11.6 Å². The number of aromatic nitrogens is 3. The molecule has 0 saturated carbocycles. The van der Waals surface area contributed by atoms with Gasteiger partial charge in [-0.05, 0) is 31.5 Å². The first-order valence-electron chi connectivity index (χ1n) is 7.20. The molecule has 0 bridgehead atoms. The molecule has 0 aliphatic carbocycles. The Labute approximate surface area is 149 Å². The molecule has 1 amide bonds.